The summed E-state index contributed by atoms with van der Waals surface area (Å²) in [6.07, 6.45) is 2.65. The van der Waals surface area contributed by atoms with Crippen molar-refractivity contribution in [3.8, 4) is 6.07 Å². The Bertz CT molecular complexity index is 876. The number of benzene rings is 1. The lowest BCUT2D eigenvalue weighted by Crippen LogP contribution is -2.35. The molecule has 0 aliphatic carbocycles. The molecule has 1 N–H and O–H groups in total. The van der Waals surface area contributed by atoms with Crippen molar-refractivity contribution in [2.75, 3.05) is 17.1 Å². The molecule has 1 heterocycles. The highest BCUT2D eigenvalue weighted by Gasteiger charge is 2.21. The minimum Gasteiger partial charge on any atom is -0.350 e. The molecule has 8 heteroatoms. The van der Waals surface area contributed by atoms with Gasteiger partial charge in [-0.2, -0.15) is 5.26 Å². The molecule has 0 saturated heterocycles. The van der Waals surface area contributed by atoms with E-state index in [1.165, 1.54) is 6.07 Å². The minimum absolute atomic E-state index is 0.0281. The quantitative estimate of drug-likeness (QED) is 0.806. The Labute approximate surface area is 147 Å². The monoisotopic (exact) mass is 358 g/mol. The number of aromatic nitrogens is 1. The molecule has 1 aromatic heterocycles. The largest absolute Gasteiger partial charge is 0.350 e. The lowest BCUT2D eigenvalue weighted by molar-refractivity contribution is -0.121. The van der Waals surface area contributed by atoms with Crippen molar-refractivity contribution in [2.45, 2.75) is 13.0 Å². The van der Waals surface area contributed by atoms with Crippen LogP contribution in [0, 0.1) is 11.3 Å². The van der Waals surface area contributed by atoms with E-state index in [1.54, 1.807) is 36.5 Å². The third kappa shape index (κ3) is 5.29. The molecule has 1 amide bonds. The molecule has 0 radical (unpaired) electrons. The molecule has 0 atom stereocenters. The van der Waals surface area contributed by atoms with Gasteiger partial charge >= 0.3 is 0 Å². The predicted molar refractivity (Wildman–Crippen MR) is 94.0 cm³/mol. The highest BCUT2D eigenvalue weighted by atomic mass is 32.2. The van der Waals surface area contributed by atoms with Crippen molar-refractivity contribution in [3.05, 3.63) is 59.9 Å². The van der Waals surface area contributed by atoms with Gasteiger partial charge in [-0.05, 0) is 24.3 Å². The van der Waals surface area contributed by atoms with Crippen LogP contribution in [0.1, 0.15) is 17.7 Å². The number of carbonyl (C=O) groups excluding carboxylic acids is 1. The topological polar surface area (TPSA) is 103 Å². The maximum absolute atomic E-state index is 12.1. The third-order valence-electron chi connectivity index (χ3n) is 3.43. The normalized spacial score (nSPS) is 10.7. The summed E-state index contributed by atoms with van der Waals surface area (Å²) in [4.78, 5) is 16.1. The zero-order valence-electron chi connectivity index (χ0n) is 13.7. The smallest absolute Gasteiger partial charge is 0.232 e. The van der Waals surface area contributed by atoms with E-state index in [0.29, 0.717) is 5.69 Å². The molecule has 130 valence electrons. The van der Waals surface area contributed by atoms with Crippen LogP contribution in [0.25, 0.3) is 0 Å². The van der Waals surface area contributed by atoms with Crippen LogP contribution >= 0.6 is 0 Å². The van der Waals surface area contributed by atoms with Gasteiger partial charge in [-0.15, -0.1) is 0 Å². The Kier molecular flexibility index (Phi) is 6.08. The Morgan fingerprint density at radius 3 is 2.60 bits per heavy atom. The number of anilines is 1. The van der Waals surface area contributed by atoms with Crippen LogP contribution in [0.4, 0.5) is 5.69 Å². The highest BCUT2D eigenvalue weighted by Crippen LogP contribution is 2.22. The fourth-order valence-corrected chi connectivity index (χ4v) is 3.17. The molecule has 0 unspecified atom stereocenters. The fourth-order valence-electron chi connectivity index (χ4n) is 2.23. The first-order chi connectivity index (χ1) is 11.9. The summed E-state index contributed by atoms with van der Waals surface area (Å²) in [6, 6.07) is 13.7. The molecule has 0 aliphatic rings. The summed E-state index contributed by atoms with van der Waals surface area (Å²) >= 11 is 0. The lowest BCUT2D eigenvalue weighted by Gasteiger charge is -2.23. The zero-order chi connectivity index (χ0) is 18.3. The van der Waals surface area contributed by atoms with Crippen LogP contribution in [-0.4, -0.2) is 32.1 Å². The van der Waals surface area contributed by atoms with Crippen LogP contribution in [0.15, 0.2) is 48.7 Å². The Morgan fingerprint density at radius 2 is 1.96 bits per heavy atom. The van der Waals surface area contributed by atoms with E-state index >= 15 is 0 Å². The van der Waals surface area contributed by atoms with E-state index in [-0.39, 0.29) is 36.7 Å². The molecule has 0 aliphatic heterocycles. The Balaban J connectivity index is 2.04. The SMILES string of the molecule is CS(=O)(=O)N(CCC(=O)NCc1ccccn1)c1ccccc1C#N. The Hall–Kier alpha value is -2.92. The van der Waals surface area contributed by atoms with Crippen molar-refractivity contribution in [3.63, 3.8) is 0 Å². The zero-order valence-corrected chi connectivity index (χ0v) is 14.5. The molecule has 0 saturated carbocycles. The number of sulfonamides is 1. The molecule has 25 heavy (non-hydrogen) atoms. The van der Waals surface area contributed by atoms with Gasteiger partial charge in [0.1, 0.15) is 6.07 Å². The molecule has 1 aromatic carbocycles. The maximum Gasteiger partial charge on any atom is 0.232 e. The number of rotatable bonds is 7. The highest BCUT2D eigenvalue weighted by molar-refractivity contribution is 7.92. The fraction of sp³-hybridized carbons (Fsp3) is 0.235. The number of amides is 1. The molecule has 2 aromatic rings. The second kappa shape index (κ2) is 8.26. The van der Waals surface area contributed by atoms with E-state index in [1.807, 2.05) is 12.1 Å². The van der Waals surface area contributed by atoms with Gasteiger partial charge in [-0.3, -0.25) is 14.1 Å². The second-order valence-electron chi connectivity index (χ2n) is 5.31. The number of nitriles is 1. The maximum atomic E-state index is 12.1. The average Bonchev–Trinajstić information content (AvgIpc) is 2.60. The summed E-state index contributed by atoms with van der Waals surface area (Å²) in [5, 5.41) is 11.9. The molecular formula is C17H18N4O3S. The first-order valence-corrected chi connectivity index (χ1v) is 9.40. The van der Waals surface area contributed by atoms with Crippen LogP contribution in [0.3, 0.4) is 0 Å². The summed E-state index contributed by atoms with van der Waals surface area (Å²) < 4.78 is 25.2. The van der Waals surface area contributed by atoms with Crippen molar-refractivity contribution in [1.29, 1.82) is 5.26 Å². The van der Waals surface area contributed by atoms with Crippen molar-refractivity contribution >= 4 is 21.6 Å². The van der Waals surface area contributed by atoms with Crippen LogP contribution in [-0.2, 0) is 21.4 Å². The van der Waals surface area contributed by atoms with E-state index in [4.69, 9.17) is 5.26 Å². The molecule has 7 nitrogen and oxygen atoms in total. The van der Waals surface area contributed by atoms with Crippen LogP contribution in [0.5, 0.6) is 0 Å². The molecule has 0 bridgehead atoms. The second-order valence-corrected chi connectivity index (χ2v) is 7.22. The lowest BCUT2D eigenvalue weighted by atomic mass is 10.2. The third-order valence-corrected chi connectivity index (χ3v) is 4.61. The van der Waals surface area contributed by atoms with Gasteiger partial charge < -0.3 is 5.32 Å². The average molecular weight is 358 g/mol. The van der Waals surface area contributed by atoms with Gasteiger partial charge in [0.05, 0.1) is 29.7 Å². The van der Waals surface area contributed by atoms with Gasteiger partial charge in [-0.1, -0.05) is 18.2 Å². The van der Waals surface area contributed by atoms with E-state index in [2.05, 4.69) is 10.3 Å². The van der Waals surface area contributed by atoms with Gasteiger partial charge in [0.25, 0.3) is 0 Å². The Morgan fingerprint density at radius 1 is 1.24 bits per heavy atom. The van der Waals surface area contributed by atoms with Gasteiger partial charge in [0.15, 0.2) is 0 Å². The number of hydrogen-bond acceptors (Lipinski definition) is 5. The molecule has 2 rings (SSSR count). The van der Waals surface area contributed by atoms with Gasteiger partial charge in [0, 0.05) is 19.2 Å². The number of carbonyl (C=O) groups is 1. The van der Waals surface area contributed by atoms with Gasteiger partial charge in [0.2, 0.25) is 15.9 Å². The number of hydrogen-bond donors (Lipinski definition) is 1. The first-order valence-electron chi connectivity index (χ1n) is 7.55. The summed E-state index contributed by atoms with van der Waals surface area (Å²) in [5.41, 5.74) is 1.22. The molecule has 0 spiro atoms. The number of nitrogens with zero attached hydrogens (tertiary/aromatic N) is 3. The van der Waals surface area contributed by atoms with Crippen molar-refractivity contribution < 1.29 is 13.2 Å². The summed E-state index contributed by atoms with van der Waals surface area (Å²) in [5.74, 6) is -0.297. The molecular weight excluding hydrogens is 340 g/mol. The number of nitrogens with one attached hydrogen (secondary N) is 1. The van der Waals surface area contributed by atoms with Crippen LogP contribution in [0.2, 0.25) is 0 Å². The molecule has 0 fully saturated rings. The van der Waals surface area contributed by atoms with E-state index < -0.39 is 10.0 Å². The summed E-state index contributed by atoms with van der Waals surface area (Å²) in [7, 11) is -3.62. The predicted octanol–water partition coefficient (Wildman–Crippen LogP) is 1.43. The summed E-state index contributed by atoms with van der Waals surface area (Å²) in [6.45, 7) is 0.221. The number of para-hydroxylation sites is 1. The van der Waals surface area contributed by atoms with Crippen LogP contribution < -0.4 is 9.62 Å². The van der Waals surface area contributed by atoms with Crippen molar-refractivity contribution in [2.24, 2.45) is 0 Å². The standard InChI is InChI=1S/C17H18N4O3S/c1-25(23,24)21(16-8-3-2-6-14(16)12-18)11-9-17(22)20-13-15-7-4-5-10-19-15/h2-8,10H,9,11,13H2,1H3,(H,20,22). The van der Waals surface area contributed by atoms with E-state index in [9.17, 15) is 13.2 Å². The number of pyridine rings is 1. The minimum atomic E-state index is -3.62. The van der Waals surface area contributed by atoms with E-state index in [0.717, 1.165) is 10.6 Å². The van der Waals surface area contributed by atoms with Crippen molar-refractivity contribution in [1.82, 2.24) is 10.3 Å². The first kappa shape index (κ1) is 18.4. The van der Waals surface area contributed by atoms with Gasteiger partial charge in [-0.25, -0.2) is 8.42 Å².